The Balaban J connectivity index is 0.912. The van der Waals surface area contributed by atoms with E-state index in [4.69, 9.17) is 19.4 Å². The van der Waals surface area contributed by atoms with Crippen LogP contribution in [0.2, 0.25) is 0 Å². The number of benzene rings is 2. The van der Waals surface area contributed by atoms with Gasteiger partial charge < -0.3 is 29.2 Å². The Morgan fingerprint density at radius 3 is 1.28 bits per heavy atom. The molecule has 4 aliphatic heterocycles. The Morgan fingerprint density at radius 1 is 0.537 bits per heavy atom. The minimum Gasteiger partial charge on any atom is -0.453 e. The molecule has 8 rings (SSSR count). The third-order valence-corrected chi connectivity index (χ3v) is 11.5. The van der Waals surface area contributed by atoms with Crippen molar-refractivity contribution in [2.24, 2.45) is 0 Å². The number of rotatable bonds is 7. The fraction of sp³-hybridized carbons (Fsp3) is 0.450. The largest absolute Gasteiger partial charge is 0.453 e. The summed E-state index contributed by atoms with van der Waals surface area (Å²) in [6.45, 7) is 2.34. The van der Waals surface area contributed by atoms with Crippen molar-refractivity contribution in [3.05, 3.63) is 72.6 Å². The summed E-state index contributed by atoms with van der Waals surface area (Å²) >= 11 is 0. The number of nitrogens with one attached hydrogen (secondary N) is 2. The fourth-order valence-electron chi connectivity index (χ4n) is 8.72. The smallest absolute Gasteiger partial charge is 0.410 e. The molecule has 54 heavy (non-hydrogen) atoms. The normalized spacial score (nSPS) is 22.6. The summed E-state index contributed by atoms with van der Waals surface area (Å²) in [6.07, 6.45) is 8.98. The van der Waals surface area contributed by atoms with E-state index in [0.717, 1.165) is 83.8 Å². The van der Waals surface area contributed by atoms with Gasteiger partial charge in [0.25, 0.3) is 0 Å². The number of carbonyl (C=O) groups excluding carboxylic acids is 4. The Labute approximate surface area is 313 Å². The van der Waals surface area contributed by atoms with Crippen molar-refractivity contribution in [2.75, 3.05) is 40.4 Å². The average Bonchev–Trinajstić information content (AvgIpc) is 4.06. The molecule has 2 aromatic heterocycles. The number of amides is 4. The molecule has 14 heteroatoms. The van der Waals surface area contributed by atoms with Gasteiger partial charge in [-0.3, -0.25) is 19.4 Å². The van der Waals surface area contributed by atoms with Crippen LogP contribution in [0.1, 0.15) is 75.1 Å². The lowest BCUT2D eigenvalue weighted by Crippen LogP contribution is -2.47. The zero-order valence-corrected chi connectivity index (χ0v) is 30.7. The predicted octanol–water partition coefficient (Wildman–Crippen LogP) is 5.92. The maximum absolute atomic E-state index is 13.6. The number of ether oxygens (including phenoxy) is 2. The molecule has 282 valence electrons. The second-order valence-electron chi connectivity index (χ2n) is 14.5. The van der Waals surface area contributed by atoms with E-state index in [1.165, 1.54) is 14.2 Å². The Bertz CT molecular complexity index is 1860. The molecule has 4 atom stereocenters. The Morgan fingerprint density at radius 2 is 0.889 bits per heavy atom. The number of carbonyl (C=O) groups is 4. The molecule has 4 saturated heterocycles. The Kier molecular flexibility index (Phi) is 9.82. The number of aromatic amines is 2. The number of hydrogen-bond donors (Lipinski definition) is 2. The van der Waals surface area contributed by atoms with E-state index >= 15 is 0 Å². The van der Waals surface area contributed by atoms with E-state index < -0.39 is 24.3 Å². The molecule has 0 bridgehead atoms. The highest BCUT2D eigenvalue weighted by molar-refractivity contribution is 5.87. The monoisotopic (exact) mass is 734 g/mol. The number of hydrogen-bond acceptors (Lipinski definition) is 8. The summed E-state index contributed by atoms with van der Waals surface area (Å²) in [6, 6.07) is 15.3. The zero-order chi connectivity index (χ0) is 37.3. The topological polar surface area (TPSA) is 157 Å². The van der Waals surface area contributed by atoms with Crippen molar-refractivity contribution in [2.45, 2.75) is 75.5 Å². The third-order valence-electron chi connectivity index (χ3n) is 11.5. The van der Waals surface area contributed by atoms with Crippen LogP contribution in [0.5, 0.6) is 0 Å². The molecule has 4 fully saturated rings. The molecule has 0 radical (unpaired) electrons. The molecule has 4 aliphatic rings. The van der Waals surface area contributed by atoms with Crippen LogP contribution in [0, 0.1) is 0 Å². The lowest BCUT2D eigenvalue weighted by molar-refractivity contribution is -0.137. The minimum atomic E-state index is -0.490. The van der Waals surface area contributed by atoms with E-state index in [9.17, 15) is 19.2 Å². The van der Waals surface area contributed by atoms with Gasteiger partial charge in [0.2, 0.25) is 11.8 Å². The summed E-state index contributed by atoms with van der Waals surface area (Å²) in [5.41, 5.74) is 5.89. The molecule has 2 N–H and O–H groups in total. The van der Waals surface area contributed by atoms with Gasteiger partial charge in [0, 0.05) is 26.2 Å². The van der Waals surface area contributed by atoms with Crippen LogP contribution >= 0.6 is 0 Å². The highest BCUT2D eigenvalue weighted by atomic mass is 16.5. The van der Waals surface area contributed by atoms with Crippen molar-refractivity contribution >= 4 is 24.0 Å². The lowest BCUT2D eigenvalue weighted by atomic mass is 10.0. The van der Waals surface area contributed by atoms with Crippen molar-refractivity contribution in [1.29, 1.82) is 0 Å². The molecule has 0 aliphatic carbocycles. The van der Waals surface area contributed by atoms with Gasteiger partial charge in [0.15, 0.2) is 0 Å². The van der Waals surface area contributed by atoms with Gasteiger partial charge in [-0.05, 0) is 73.6 Å². The number of aromatic nitrogens is 4. The fourth-order valence-corrected chi connectivity index (χ4v) is 8.72. The van der Waals surface area contributed by atoms with Crippen LogP contribution in [-0.2, 0) is 19.1 Å². The highest BCUT2D eigenvalue weighted by Crippen LogP contribution is 2.36. The van der Waals surface area contributed by atoms with Gasteiger partial charge >= 0.3 is 12.2 Å². The number of methoxy groups -OCH3 is 2. The average molecular weight is 735 g/mol. The highest BCUT2D eigenvalue weighted by Gasteiger charge is 2.43. The summed E-state index contributed by atoms with van der Waals surface area (Å²) < 4.78 is 9.85. The van der Waals surface area contributed by atoms with E-state index in [2.05, 4.69) is 58.5 Å². The van der Waals surface area contributed by atoms with Gasteiger partial charge in [0.05, 0.1) is 50.1 Å². The second kappa shape index (κ2) is 15.0. The lowest BCUT2D eigenvalue weighted by Gasteiger charge is -2.30. The quantitative estimate of drug-likeness (QED) is 0.237. The molecule has 0 spiro atoms. The van der Waals surface area contributed by atoms with E-state index in [1.807, 2.05) is 22.2 Å². The van der Waals surface area contributed by atoms with Gasteiger partial charge in [-0.25, -0.2) is 19.6 Å². The van der Waals surface area contributed by atoms with Crippen LogP contribution in [0.25, 0.3) is 33.6 Å². The first kappa shape index (κ1) is 35.4. The minimum absolute atomic E-state index is 0.0388. The van der Waals surface area contributed by atoms with Crippen LogP contribution in [-0.4, -0.2) is 116 Å². The molecule has 0 unspecified atom stereocenters. The molecule has 6 heterocycles. The standard InChI is InChI=1S/C40H46N8O6/c1-53-39(51)47-21-5-9-33(47)37(49)45-19-3-7-31(45)35-41-23-29(43-35)27-15-11-25(12-16-27)26-13-17-28(18-14-26)30-24-42-36(44-30)32-8-4-20-46(32)38(50)34-10-6-22-48(34)40(52)54-2/h11-18,23-24,31-34H,3-10,19-22H2,1-2H3,(H,41,43)(H,42,44)/t31-,32-,33-,34-/m0/s1. The van der Waals surface area contributed by atoms with Crippen molar-refractivity contribution < 1.29 is 28.7 Å². The van der Waals surface area contributed by atoms with Gasteiger partial charge in [-0.2, -0.15) is 0 Å². The van der Waals surface area contributed by atoms with Crippen LogP contribution in [0.4, 0.5) is 9.59 Å². The molecular weight excluding hydrogens is 688 g/mol. The summed E-state index contributed by atoms with van der Waals surface area (Å²) in [5.74, 6) is 1.43. The first-order valence-corrected chi connectivity index (χ1v) is 19.0. The van der Waals surface area contributed by atoms with Crippen LogP contribution < -0.4 is 0 Å². The number of nitrogens with zero attached hydrogens (tertiary/aromatic N) is 6. The van der Waals surface area contributed by atoms with E-state index in [-0.39, 0.29) is 23.9 Å². The van der Waals surface area contributed by atoms with Gasteiger partial charge in [-0.1, -0.05) is 48.5 Å². The Hall–Kier alpha value is -5.66. The predicted molar refractivity (Wildman–Crippen MR) is 199 cm³/mol. The first-order chi connectivity index (χ1) is 26.3. The zero-order valence-electron chi connectivity index (χ0n) is 30.7. The maximum atomic E-state index is 13.6. The van der Waals surface area contributed by atoms with Crippen molar-refractivity contribution in [3.8, 4) is 33.6 Å². The third kappa shape index (κ3) is 6.58. The molecular formula is C40H46N8O6. The van der Waals surface area contributed by atoms with Crippen molar-refractivity contribution in [3.63, 3.8) is 0 Å². The van der Waals surface area contributed by atoms with E-state index in [1.54, 1.807) is 9.80 Å². The van der Waals surface area contributed by atoms with Crippen LogP contribution in [0.3, 0.4) is 0 Å². The molecule has 14 nitrogen and oxygen atoms in total. The van der Waals surface area contributed by atoms with Crippen LogP contribution in [0.15, 0.2) is 60.9 Å². The van der Waals surface area contributed by atoms with Gasteiger partial charge in [0.1, 0.15) is 23.7 Å². The summed E-state index contributed by atoms with van der Waals surface area (Å²) in [5, 5.41) is 0. The molecule has 4 amide bonds. The molecule has 4 aromatic rings. The van der Waals surface area contributed by atoms with Crippen molar-refractivity contribution in [1.82, 2.24) is 39.5 Å². The van der Waals surface area contributed by atoms with Gasteiger partial charge in [-0.15, -0.1) is 0 Å². The molecule has 2 aromatic carbocycles. The SMILES string of the molecule is COC(=O)N1CCC[C@H]1C(=O)N1CCC[C@H]1c1ncc(-c2ccc(-c3ccc(-c4cnc([C@@H]5CCCN5C(=O)[C@@H]5CCCN5C(=O)OC)[nH]4)cc3)cc2)[nH]1. The number of imidazole rings is 2. The number of likely N-dealkylation sites (tertiary alicyclic amines) is 4. The summed E-state index contributed by atoms with van der Waals surface area (Å²) in [7, 11) is 2.70. The second-order valence-corrected chi connectivity index (χ2v) is 14.5. The number of H-pyrrole nitrogens is 2. The molecule has 0 saturated carbocycles. The first-order valence-electron chi connectivity index (χ1n) is 19.0. The summed E-state index contributed by atoms with van der Waals surface area (Å²) in [4.78, 5) is 74.8. The maximum Gasteiger partial charge on any atom is 0.410 e. The van der Waals surface area contributed by atoms with E-state index in [0.29, 0.717) is 39.0 Å².